The lowest BCUT2D eigenvalue weighted by atomic mass is 9.88. The molecule has 1 aliphatic rings. The predicted octanol–water partition coefficient (Wildman–Crippen LogP) is 1.54. The Hall–Kier alpha value is -1.59. The summed E-state index contributed by atoms with van der Waals surface area (Å²) in [5.41, 5.74) is 7.54. The molecular weight excluding hydrogens is 252 g/mol. The fourth-order valence-electron chi connectivity index (χ4n) is 2.55. The van der Waals surface area contributed by atoms with Crippen LogP contribution in [-0.4, -0.2) is 43.2 Å². The summed E-state index contributed by atoms with van der Waals surface area (Å²) < 4.78 is 0. The zero-order valence-corrected chi connectivity index (χ0v) is 12.3. The number of benzene rings is 1. The fourth-order valence-corrected chi connectivity index (χ4v) is 2.55. The minimum atomic E-state index is -0.277. The lowest BCUT2D eigenvalue weighted by Crippen LogP contribution is -2.59. The van der Waals surface area contributed by atoms with Gasteiger partial charge in [0.05, 0.1) is 5.54 Å². The van der Waals surface area contributed by atoms with Crippen molar-refractivity contribution in [1.82, 2.24) is 10.2 Å². The summed E-state index contributed by atoms with van der Waals surface area (Å²) in [6, 6.07) is 7.59. The molecule has 5 heteroatoms. The fraction of sp³-hybridized carbons (Fsp3) is 0.533. The van der Waals surface area contributed by atoms with Gasteiger partial charge in [0.2, 0.25) is 0 Å². The molecule has 0 aromatic heterocycles. The number of carbonyl (C=O) groups excluding carboxylic acids is 1. The van der Waals surface area contributed by atoms with Crippen LogP contribution in [0.1, 0.15) is 18.4 Å². The van der Waals surface area contributed by atoms with Crippen LogP contribution >= 0.6 is 0 Å². The van der Waals surface area contributed by atoms with Gasteiger partial charge in [-0.15, -0.1) is 0 Å². The first-order valence-corrected chi connectivity index (χ1v) is 7.07. The first-order chi connectivity index (χ1) is 9.53. The van der Waals surface area contributed by atoms with E-state index in [-0.39, 0.29) is 11.6 Å². The van der Waals surface area contributed by atoms with E-state index in [1.807, 2.05) is 31.2 Å². The maximum Gasteiger partial charge on any atom is 0.319 e. The van der Waals surface area contributed by atoms with Gasteiger partial charge in [-0.2, -0.15) is 0 Å². The molecule has 0 radical (unpaired) electrons. The van der Waals surface area contributed by atoms with Gasteiger partial charge in [0.25, 0.3) is 0 Å². The van der Waals surface area contributed by atoms with Crippen LogP contribution in [0.2, 0.25) is 0 Å². The zero-order chi connectivity index (χ0) is 14.6. The van der Waals surface area contributed by atoms with E-state index in [0.717, 1.165) is 37.2 Å². The number of piperidine rings is 1. The van der Waals surface area contributed by atoms with E-state index in [4.69, 9.17) is 5.73 Å². The minimum Gasteiger partial charge on any atom is -0.331 e. The van der Waals surface area contributed by atoms with Crippen molar-refractivity contribution in [2.45, 2.75) is 25.3 Å². The molecule has 1 aromatic rings. The number of carbonyl (C=O) groups is 1. The van der Waals surface area contributed by atoms with Crippen molar-refractivity contribution in [1.29, 1.82) is 0 Å². The largest absolute Gasteiger partial charge is 0.331 e. The smallest absolute Gasteiger partial charge is 0.319 e. The van der Waals surface area contributed by atoms with Crippen LogP contribution in [0.4, 0.5) is 10.5 Å². The molecule has 0 aliphatic carbocycles. The summed E-state index contributed by atoms with van der Waals surface area (Å²) in [6.07, 6.45) is 1.78. The topological polar surface area (TPSA) is 70.4 Å². The average Bonchev–Trinajstić information content (AvgIpc) is 2.41. The van der Waals surface area contributed by atoms with E-state index in [2.05, 4.69) is 22.6 Å². The Morgan fingerprint density at radius 2 is 2.10 bits per heavy atom. The van der Waals surface area contributed by atoms with Crippen molar-refractivity contribution in [3.05, 3.63) is 29.8 Å². The van der Waals surface area contributed by atoms with Crippen LogP contribution in [0.3, 0.4) is 0 Å². The van der Waals surface area contributed by atoms with E-state index in [1.54, 1.807) is 0 Å². The molecule has 0 bridgehead atoms. The van der Waals surface area contributed by atoms with Gasteiger partial charge < -0.3 is 21.3 Å². The molecule has 0 spiro atoms. The van der Waals surface area contributed by atoms with Gasteiger partial charge >= 0.3 is 6.03 Å². The second-order valence-electron chi connectivity index (χ2n) is 5.74. The van der Waals surface area contributed by atoms with Crippen molar-refractivity contribution < 1.29 is 4.79 Å². The number of hydrogen-bond donors (Lipinski definition) is 3. The molecule has 2 rings (SSSR count). The van der Waals surface area contributed by atoms with Gasteiger partial charge in [-0.05, 0) is 44.5 Å². The van der Waals surface area contributed by atoms with Crippen LogP contribution in [0, 0.1) is 6.92 Å². The summed E-state index contributed by atoms with van der Waals surface area (Å²) in [7, 11) is 2.09. The van der Waals surface area contributed by atoms with Gasteiger partial charge in [0, 0.05) is 25.3 Å². The molecule has 0 unspecified atom stereocenters. The molecule has 1 fully saturated rings. The Labute approximate surface area is 120 Å². The second-order valence-corrected chi connectivity index (χ2v) is 5.74. The van der Waals surface area contributed by atoms with E-state index < -0.39 is 0 Å². The maximum absolute atomic E-state index is 12.1. The quantitative estimate of drug-likeness (QED) is 0.784. The second kappa shape index (κ2) is 6.24. The highest BCUT2D eigenvalue weighted by Gasteiger charge is 2.33. The van der Waals surface area contributed by atoms with Crippen molar-refractivity contribution in [2.75, 3.05) is 32.0 Å². The standard InChI is InChI=1S/C15H24N4O/c1-12-4-3-5-13(10-12)17-14(20)18-15(11-16)6-8-19(2)9-7-15/h3-5,10H,6-9,11,16H2,1-2H3,(H2,17,18,20). The predicted molar refractivity (Wildman–Crippen MR) is 81.8 cm³/mol. The number of nitrogens with one attached hydrogen (secondary N) is 2. The minimum absolute atomic E-state index is 0.175. The van der Waals surface area contributed by atoms with Gasteiger partial charge in [-0.3, -0.25) is 0 Å². The number of aryl methyl sites for hydroxylation is 1. The number of hydrogen-bond acceptors (Lipinski definition) is 3. The average molecular weight is 276 g/mol. The molecule has 1 saturated heterocycles. The normalized spacial score (nSPS) is 18.6. The number of nitrogens with two attached hydrogens (primary N) is 1. The molecule has 0 atom stereocenters. The summed E-state index contributed by atoms with van der Waals surface area (Å²) in [6.45, 7) is 4.40. The van der Waals surface area contributed by atoms with Crippen LogP contribution < -0.4 is 16.4 Å². The highest BCUT2D eigenvalue weighted by atomic mass is 16.2. The Morgan fingerprint density at radius 3 is 2.70 bits per heavy atom. The molecule has 4 N–H and O–H groups in total. The highest BCUT2D eigenvalue weighted by Crippen LogP contribution is 2.20. The summed E-state index contributed by atoms with van der Waals surface area (Å²) >= 11 is 0. The monoisotopic (exact) mass is 276 g/mol. The number of nitrogens with zero attached hydrogens (tertiary/aromatic N) is 1. The van der Waals surface area contributed by atoms with Gasteiger partial charge in [0.15, 0.2) is 0 Å². The molecule has 2 amide bonds. The first kappa shape index (κ1) is 14.8. The third kappa shape index (κ3) is 3.71. The van der Waals surface area contributed by atoms with Crippen LogP contribution in [-0.2, 0) is 0 Å². The molecular formula is C15H24N4O. The third-order valence-electron chi connectivity index (χ3n) is 3.99. The number of amides is 2. The summed E-state index contributed by atoms with van der Waals surface area (Å²) in [5, 5.41) is 5.95. The zero-order valence-electron chi connectivity index (χ0n) is 12.3. The molecule has 1 aromatic carbocycles. The van der Waals surface area contributed by atoms with Gasteiger partial charge in [-0.1, -0.05) is 12.1 Å². The Morgan fingerprint density at radius 1 is 1.40 bits per heavy atom. The molecule has 20 heavy (non-hydrogen) atoms. The summed E-state index contributed by atoms with van der Waals surface area (Å²) in [5.74, 6) is 0. The maximum atomic E-state index is 12.1. The Balaban J connectivity index is 1.96. The summed E-state index contributed by atoms with van der Waals surface area (Å²) in [4.78, 5) is 14.4. The van der Waals surface area contributed by atoms with E-state index in [0.29, 0.717) is 6.54 Å². The number of anilines is 1. The molecule has 5 nitrogen and oxygen atoms in total. The lowest BCUT2D eigenvalue weighted by molar-refractivity contribution is 0.165. The van der Waals surface area contributed by atoms with Crippen molar-refractivity contribution in [3.8, 4) is 0 Å². The molecule has 1 aliphatic heterocycles. The van der Waals surface area contributed by atoms with Crippen LogP contribution in [0.15, 0.2) is 24.3 Å². The van der Waals surface area contributed by atoms with Crippen molar-refractivity contribution in [3.63, 3.8) is 0 Å². The number of urea groups is 1. The molecule has 0 saturated carbocycles. The Kier molecular flexibility index (Phi) is 4.62. The van der Waals surface area contributed by atoms with E-state index in [1.165, 1.54) is 0 Å². The highest BCUT2D eigenvalue weighted by molar-refractivity contribution is 5.89. The van der Waals surface area contributed by atoms with Crippen molar-refractivity contribution >= 4 is 11.7 Å². The van der Waals surface area contributed by atoms with E-state index >= 15 is 0 Å². The molecule has 1 heterocycles. The lowest BCUT2D eigenvalue weighted by Gasteiger charge is -2.40. The van der Waals surface area contributed by atoms with Gasteiger partial charge in [-0.25, -0.2) is 4.79 Å². The van der Waals surface area contributed by atoms with Crippen LogP contribution in [0.5, 0.6) is 0 Å². The number of rotatable bonds is 3. The Bertz CT molecular complexity index is 467. The van der Waals surface area contributed by atoms with Gasteiger partial charge in [0.1, 0.15) is 0 Å². The first-order valence-electron chi connectivity index (χ1n) is 7.07. The van der Waals surface area contributed by atoms with E-state index in [9.17, 15) is 4.79 Å². The number of likely N-dealkylation sites (tertiary alicyclic amines) is 1. The molecule has 110 valence electrons. The SMILES string of the molecule is Cc1cccc(NC(=O)NC2(CN)CCN(C)CC2)c1. The third-order valence-corrected chi connectivity index (χ3v) is 3.99. The van der Waals surface area contributed by atoms with Crippen LogP contribution in [0.25, 0.3) is 0 Å². The van der Waals surface area contributed by atoms with Crippen molar-refractivity contribution in [2.24, 2.45) is 5.73 Å².